The second-order valence-corrected chi connectivity index (χ2v) is 10.5. The molecule has 4 atom stereocenters. The van der Waals surface area contributed by atoms with Crippen LogP contribution in [-0.4, -0.2) is 44.6 Å². The SMILES string of the molecule is C/C=C/c1ccc2n(c1=O)C[C@@H]1[C@@H](CO)[C@H](C(=O)N3CCc4ccccc4C3)[C@H]2N1Cc1ccccc1. The van der Waals surface area contributed by atoms with Gasteiger partial charge in [0, 0.05) is 56.0 Å². The molecule has 0 aliphatic carbocycles. The highest BCUT2D eigenvalue weighted by Gasteiger charge is 2.56. The molecule has 2 aromatic carbocycles. The van der Waals surface area contributed by atoms with Crippen LogP contribution in [0.2, 0.25) is 0 Å². The van der Waals surface area contributed by atoms with Gasteiger partial charge in [0.05, 0.1) is 12.0 Å². The van der Waals surface area contributed by atoms with Crippen LogP contribution >= 0.6 is 0 Å². The highest BCUT2D eigenvalue weighted by molar-refractivity contribution is 5.81. The number of aliphatic hydroxyl groups excluding tert-OH is 1. The standard InChI is InChI=1S/C31H33N3O3/c1-2-8-23-13-14-26-29-28(31(37)32-16-15-22-11-6-7-12-24(22)18-32)25(20-35)27(19-34(26)30(23)36)33(29)17-21-9-4-3-5-10-21/h2-14,25,27-29,35H,15-20H2,1H3/b8-2+/t25-,27-,28+,29+/m1/s1. The van der Waals surface area contributed by atoms with Crippen LogP contribution in [0.1, 0.15) is 40.9 Å². The number of allylic oxidation sites excluding steroid dienone is 1. The van der Waals surface area contributed by atoms with Crippen LogP contribution < -0.4 is 5.56 Å². The Labute approximate surface area is 217 Å². The summed E-state index contributed by atoms with van der Waals surface area (Å²) in [6, 6.07) is 22.1. The molecular formula is C31H33N3O3. The topological polar surface area (TPSA) is 65.8 Å². The van der Waals surface area contributed by atoms with Gasteiger partial charge < -0.3 is 14.6 Å². The third-order valence-corrected chi connectivity index (χ3v) is 8.48. The van der Waals surface area contributed by atoms with Crippen molar-refractivity contribution in [2.24, 2.45) is 11.8 Å². The third kappa shape index (κ3) is 4.05. The number of aromatic nitrogens is 1. The maximum Gasteiger partial charge on any atom is 0.258 e. The average Bonchev–Trinajstić information content (AvgIpc) is 3.13. The quantitative estimate of drug-likeness (QED) is 0.587. The lowest BCUT2D eigenvalue weighted by molar-refractivity contribution is -0.139. The van der Waals surface area contributed by atoms with Crippen LogP contribution in [0.25, 0.3) is 6.08 Å². The van der Waals surface area contributed by atoms with Crippen molar-refractivity contribution in [2.45, 2.75) is 45.1 Å². The molecule has 3 aliphatic heterocycles. The van der Waals surface area contributed by atoms with Gasteiger partial charge in [-0.3, -0.25) is 14.5 Å². The predicted molar refractivity (Wildman–Crippen MR) is 144 cm³/mol. The van der Waals surface area contributed by atoms with Crippen LogP contribution in [0, 0.1) is 11.8 Å². The molecule has 37 heavy (non-hydrogen) atoms. The number of carbonyl (C=O) groups is 1. The van der Waals surface area contributed by atoms with E-state index in [-0.39, 0.29) is 36.1 Å². The van der Waals surface area contributed by atoms with Crippen molar-refractivity contribution in [3.05, 3.63) is 111 Å². The fourth-order valence-electron chi connectivity index (χ4n) is 6.73. The first-order chi connectivity index (χ1) is 18.1. The molecule has 1 amide bonds. The minimum absolute atomic E-state index is 0.0263. The molecule has 2 bridgehead atoms. The van der Waals surface area contributed by atoms with Crippen LogP contribution in [-0.2, 0) is 30.8 Å². The predicted octanol–water partition coefficient (Wildman–Crippen LogP) is 3.63. The van der Waals surface area contributed by atoms with E-state index in [2.05, 4.69) is 35.2 Å². The number of benzene rings is 2. The normalized spacial score (nSPS) is 24.8. The summed E-state index contributed by atoms with van der Waals surface area (Å²) >= 11 is 0. The van der Waals surface area contributed by atoms with Gasteiger partial charge >= 0.3 is 0 Å². The van der Waals surface area contributed by atoms with E-state index in [1.165, 1.54) is 11.1 Å². The highest BCUT2D eigenvalue weighted by atomic mass is 16.3. The number of amides is 1. The lowest BCUT2D eigenvalue weighted by atomic mass is 9.85. The molecule has 6 heteroatoms. The molecule has 0 radical (unpaired) electrons. The van der Waals surface area contributed by atoms with Crippen LogP contribution in [0.4, 0.5) is 0 Å². The molecule has 1 saturated heterocycles. The minimum Gasteiger partial charge on any atom is -0.396 e. The zero-order chi connectivity index (χ0) is 25.5. The van der Waals surface area contributed by atoms with E-state index in [1.807, 2.05) is 64.9 Å². The minimum atomic E-state index is -0.412. The Morgan fingerprint density at radius 3 is 2.54 bits per heavy atom. The van der Waals surface area contributed by atoms with Gasteiger partial charge in [-0.25, -0.2) is 0 Å². The number of hydrogen-bond donors (Lipinski definition) is 1. The molecule has 0 saturated carbocycles. The van der Waals surface area contributed by atoms with Crippen molar-refractivity contribution in [3.63, 3.8) is 0 Å². The van der Waals surface area contributed by atoms with E-state index >= 15 is 0 Å². The summed E-state index contributed by atoms with van der Waals surface area (Å²) < 4.78 is 1.85. The zero-order valence-electron chi connectivity index (χ0n) is 21.2. The summed E-state index contributed by atoms with van der Waals surface area (Å²) in [5.41, 5.74) is 5.15. The fourth-order valence-corrected chi connectivity index (χ4v) is 6.73. The van der Waals surface area contributed by atoms with Gasteiger partial charge in [0.15, 0.2) is 0 Å². The van der Waals surface area contributed by atoms with Gasteiger partial charge in [-0.15, -0.1) is 0 Å². The summed E-state index contributed by atoms with van der Waals surface area (Å²) in [6.07, 6.45) is 4.55. The van der Waals surface area contributed by atoms with Crippen molar-refractivity contribution < 1.29 is 9.90 Å². The number of hydrogen-bond acceptors (Lipinski definition) is 4. The summed E-state index contributed by atoms with van der Waals surface area (Å²) in [4.78, 5) is 32.0. The Morgan fingerprint density at radius 2 is 1.78 bits per heavy atom. The van der Waals surface area contributed by atoms with E-state index in [4.69, 9.17) is 0 Å². The Morgan fingerprint density at radius 1 is 1.03 bits per heavy atom. The maximum absolute atomic E-state index is 14.3. The maximum atomic E-state index is 14.3. The smallest absolute Gasteiger partial charge is 0.258 e. The Bertz CT molecular complexity index is 1400. The number of rotatable bonds is 5. The van der Waals surface area contributed by atoms with Crippen molar-refractivity contribution in [3.8, 4) is 0 Å². The Hall–Kier alpha value is -3.48. The molecule has 6 rings (SSSR count). The molecule has 1 aromatic heterocycles. The van der Waals surface area contributed by atoms with Crippen molar-refractivity contribution >= 4 is 12.0 Å². The van der Waals surface area contributed by atoms with E-state index < -0.39 is 5.92 Å². The molecule has 1 fully saturated rings. The Balaban J connectivity index is 1.42. The average molecular weight is 496 g/mol. The fraction of sp³-hybridized carbons (Fsp3) is 0.355. The number of carbonyl (C=O) groups excluding carboxylic acids is 1. The van der Waals surface area contributed by atoms with E-state index in [0.29, 0.717) is 31.7 Å². The first kappa shape index (κ1) is 23.9. The molecule has 3 aromatic rings. The van der Waals surface area contributed by atoms with Gasteiger partial charge in [0.2, 0.25) is 5.91 Å². The molecule has 4 heterocycles. The lowest BCUT2D eigenvalue weighted by Gasteiger charge is -2.39. The first-order valence-corrected chi connectivity index (χ1v) is 13.2. The first-order valence-electron chi connectivity index (χ1n) is 13.2. The lowest BCUT2D eigenvalue weighted by Crippen LogP contribution is -2.46. The van der Waals surface area contributed by atoms with Crippen molar-refractivity contribution in [1.29, 1.82) is 0 Å². The Kier molecular flexibility index (Phi) is 6.31. The summed E-state index contributed by atoms with van der Waals surface area (Å²) in [5, 5.41) is 10.7. The number of aliphatic hydroxyl groups is 1. The molecule has 0 spiro atoms. The highest BCUT2D eigenvalue weighted by Crippen LogP contribution is 2.49. The summed E-state index contributed by atoms with van der Waals surface area (Å²) in [6.45, 7) is 4.23. The van der Waals surface area contributed by atoms with Gasteiger partial charge in [-0.05, 0) is 42.2 Å². The summed E-state index contributed by atoms with van der Waals surface area (Å²) in [7, 11) is 0. The number of fused-ring (bicyclic) bond motifs is 5. The third-order valence-electron chi connectivity index (χ3n) is 8.48. The molecule has 3 aliphatic rings. The molecule has 0 unspecified atom stereocenters. The molecule has 190 valence electrons. The van der Waals surface area contributed by atoms with E-state index in [9.17, 15) is 14.7 Å². The largest absolute Gasteiger partial charge is 0.396 e. The second kappa shape index (κ2) is 9.77. The number of pyridine rings is 1. The monoisotopic (exact) mass is 495 g/mol. The van der Waals surface area contributed by atoms with Gasteiger partial charge in [-0.2, -0.15) is 0 Å². The zero-order valence-corrected chi connectivity index (χ0v) is 21.2. The van der Waals surface area contributed by atoms with Gasteiger partial charge in [-0.1, -0.05) is 66.7 Å². The van der Waals surface area contributed by atoms with Gasteiger partial charge in [0.25, 0.3) is 5.56 Å². The van der Waals surface area contributed by atoms with Crippen molar-refractivity contribution in [1.82, 2.24) is 14.4 Å². The summed E-state index contributed by atoms with van der Waals surface area (Å²) in [5.74, 6) is -0.579. The molecule has 1 N–H and O–H groups in total. The van der Waals surface area contributed by atoms with Crippen LogP contribution in [0.3, 0.4) is 0 Å². The number of nitrogens with zero attached hydrogens (tertiary/aromatic N) is 3. The second-order valence-electron chi connectivity index (χ2n) is 10.5. The van der Waals surface area contributed by atoms with Gasteiger partial charge in [0.1, 0.15) is 0 Å². The van der Waals surface area contributed by atoms with E-state index in [0.717, 1.165) is 17.7 Å². The molecular weight excluding hydrogens is 462 g/mol. The van der Waals surface area contributed by atoms with Crippen molar-refractivity contribution in [2.75, 3.05) is 13.2 Å². The van der Waals surface area contributed by atoms with Crippen LogP contribution in [0.15, 0.2) is 77.6 Å². The molecule has 6 nitrogen and oxygen atoms in total. The van der Waals surface area contributed by atoms with E-state index in [1.54, 1.807) is 0 Å². The van der Waals surface area contributed by atoms with Crippen LogP contribution in [0.5, 0.6) is 0 Å².